The minimum absolute atomic E-state index is 0.000949. The first-order valence-electron chi connectivity index (χ1n) is 3.80. The van der Waals surface area contributed by atoms with Crippen LogP contribution < -0.4 is 0 Å². The summed E-state index contributed by atoms with van der Waals surface area (Å²) in [5.74, 6) is 0. The number of nitro groups is 1. The predicted molar refractivity (Wildman–Crippen MR) is 51.1 cm³/mol. The molecule has 5 nitrogen and oxygen atoms in total. The summed E-state index contributed by atoms with van der Waals surface area (Å²) in [5.41, 5.74) is 1.23. The molecule has 0 fully saturated rings. The average molecular weight is 254 g/mol. The van der Waals surface area contributed by atoms with E-state index in [1.54, 1.807) is 18.2 Å². The summed E-state index contributed by atoms with van der Waals surface area (Å²) in [4.78, 5) is 12.1. The Morgan fingerprint density at radius 3 is 2.79 bits per heavy atom. The van der Waals surface area contributed by atoms with E-state index in [-0.39, 0.29) is 20.4 Å². The Morgan fingerprint density at radius 2 is 2.14 bits per heavy atom. The van der Waals surface area contributed by atoms with Crippen LogP contribution in [0.15, 0.2) is 29.2 Å². The third-order valence-corrected chi connectivity index (χ3v) is 2.80. The summed E-state index contributed by atoms with van der Waals surface area (Å²) >= 11 is -0.000949. The van der Waals surface area contributed by atoms with Crippen molar-refractivity contribution in [2.24, 2.45) is 0 Å². The van der Waals surface area contributed by atoms with Crippen LogP contribution in [0.2, 0.25) is 0 Å². The topological polar surface area (TPSA) is 68.9 Å². The third-order valence-electron chi connectivity index (χ3n) is 1.74. The van der Waals surface area contributed by atoms with Gasteiger partial charge in [0.15, 0.2) is 0 Å². The number of aromatic nitrogens is 2. The van der Waals surface area contributed by atoms with Gasteiger partial charge in [-0.3, -0.25) is 0 Å². The minimum atomic E-state index is -0.406. The van der Waals surface area contributed by atoms with Crippen LogP contribution >= 0.6 is 0 Å². The normalized spacial score (nSPS) is 10.0. The van der Waals surface area contributed by atoms with Crippen molar-refractivity contribution in [3.63, 3.8) is 0 Å². The van der Waals surface area contributed by atoms with E-state index in [2.05, 4.69) is 9.19 Å². The monoisotopic (exact) mass is 255 g/mol. The number of rotatable bonds is 2. The Hall–Kier alpha value is -1.52. The zero-order chi connectivity index (χ0) is 9.97. The zero-order valence-electron chi connectivity index (χ0n) is 6.95. The Balaban J connectivity index is 2.58. The molecule has 2 aromatic rings. The SMILES string of the molecule is O=[N+]([O-])c1ccccc1-c1c[se]nn1. The second-order valence-electron chi connectivity index (χ2n) is 2.56. The second-order valence-corrected chi connectivity index (χ2v) is 3.84. The molecule has 0 N–H and O–H groups in total. The van der Waals surface area contributed by atoms with Crippen molar-refractivity contribution in [2.45, 2.75) is 0 Å². The van der Waals surface area contributed by atoms with Gasteiger partial charge in [-0.2, -0.15) is 0 Å². The Bertz CT molecular complexity index is 455. The van der Waals surface area contributed by atoms with Crippen molar-refractivity contribution in [2.75, 3.05) is 0 Å². The molecule has 0 aliphatic rings. The first-order valence-corrected chi connectivity index (χ1v) is 5.55. The van der Waals surface area contributed by atoms with E-state index >= 15 is 0 Å². The summed E-state index contributed by atoms with van der Waals surface area (Å²) in [6.45, 7) is 0. The molecule has 0 spiro atoms. The van der Waals surface area contributed by atoms with Gasteiger partial charge in [0.05, 0.1) is 0 Å². The molecule has 1 heterocycles. The van der Waals surface area contributed by atoms with Crippen molar-refractivity contribution >= 4 is 20.4 Å². The molecule has 0 radical (unpaired) electrons. The van der Waals surface area contributed by atoms with Crippen LogP contribution in [0, 0.1) is 10.1 Å². The Labute approximate surface area is 85.5 Å². The van der Waals surface area contributed by atoms with Gasteiger partial charge < -0.3 is 0 Å². The van der Waals surface area contributed by atoms with Crippen LogP contribution in [0.4, 0.5) is 5.69 Å². The fraction of sp³-hybridized carbons (Fsp3) is 0. The van der Waals surface area contributed by atoms with E-state index in [0.717, 1.165) is 0 Å². The van der Waals surface area contributed by atoms with Gasteiger partial charge in [-0.15, -0.1) is 0 Å². The Morgan fingerprint density at radius 1 is 1.36 bits per heavy atom. The predicted octanol–water partition coefficient (Wildman–Crippen LogP) is 1.11. The van der Waals surface area contributed by atoms with Crippen molar-refractivity contribution < 1.29 is 4.92 Å². The first kappa shape index (κ1) is 9.05. The molecule has 14 heavy (non-hydrogen) atoms. The molecule has 0 bridgehead atoms. The van der Waals surface area contributed by atoms with Crippen LogP contribution in [0.25, 0.3) is 11.3 Å². The van der Waals surface area contributed by atoms with Crippen LogP contribution in [-0.2, 0) is 0 Å². The van der Waals surface area contributed by atoms with Crippen LogP contribution in [0.5, 0.6) is 0 Å². The molecule has 0 saturated carbocycles. The molecule has 2 rings (SSSR count). The van der Waals surface area contributed by atoms with E-state index in [0.29, 0.717) is 11.3 Å². The van der Waals surface area contributed by atoms with Gasteiger partial charge >= 0.3 is 85.1 Å². The first-order chi connectivity index (χ1) is 6.79. The van der Waals surface area contributed by atoms with Crippen LogP contribution in [-0.4, -0.2) is 28.8 Å². The molecule has 6 heteroatoms. The van der Waals surface area contributed by atoms with Gasteiger partial charge in [0, 0.05) is 0 Å². The van der Waals surface area contributed by atoms with Gasteiger partial charge in [-0.05, 0) is 0 Å². The molecule has 0 amide bonds. The number of para-hydroxylation sites is 1. The summed E-state index contributed by atoms with van der Waals surface area (Å²) in [6, 6.07) is 6.55. The van der Waals surface area contributed by atoms with Gasteiger partial charge in [0.2, 0.25) is 0 Å². The van der Waals surface area contributed by atoms with Crippen molar-refractivity contribution in [1.82, 2.24) is 9.19 Å². The van der Waals surface area contributed by atoms with E-state index in [4.69, 9.17) is 0 Å². The van der Waals surface area contributed by atoms with Gasteiger partial charge in [-0.25, -0.2) is 0 Å². The van der Waals surface area contributed by atoms with E-state index < -0.39 is 4.92 Å². The second kappa shape index (κ2) is 3.69. The molecule has 0 aliphatic heterocycles. The number of hydrogen-bond acceptors (Lipinski definition) is 4. The molecular weight excluding hydrogens is 249 g/mol. The molecule has 1 aromatic heterocycles. The maximum atomic E-state index is 10.7. The van der Waals surface area contributed by atoms with Crippen LogP contribution in [0.1, 0.15) is 0 Å². The number of benzene rings is 1. The Kier molecular flexibility index (Phi) is 2.39. The standard InChI is InChI=1S/C8H5N3O2Se/c12-11(13)8-4-2-1-3-6(8)7-5-14-10-9-7/h1-5H. The molecule has 0 atom stereocenters. The summed E-state index contributed by atoms with van der Waals surface area (Å²) in [5, 5.41) is 14.5. The molecule has 70 valence electrons. The van der Waals surface area contributed by atoms with E-state index in [1.807, 2.05) is 4.94 Å². The summed E-state index contributed by atoms with van der Waals surface area (Å²) in [6.07, 6.45) is 0. The number of nitrogens with zero attached hydrogens (tertiary/aromatic N) is 3. The fourth-order valence-electron chi connectivity index (χ4n) is 1.13. The van der Waals surface area contributed by atoms with Crippen molar-refractivity contribution in [3.8, 4) is 11.3 Å². The van der Waals surface area contributed by atoms with Crippen molar-refractivity contribution in [1.29, 1.82) is 0 Å². The quantitative estimate of drug-likeness (QED) is 0.457. The van der Waals surface area contributed by atoms with E-state index in [1.165, 1.54) is 6.07 Å². The van der Waals surface area contributed by atoms with Gasteiger partial charge in [-0.1, -0.05) is 0 Å². The van der Waals surface area contributed by atoms with Gasteiger partial charge in [0.1, 0.15) is 0 Å². The summed E-state index contributed by atoms with van der Waals surface area (Å²) < 4.78 is 3.81. The van der Waals surface area contributed by atoms with Crippen LogP contribution in [0.3, 0.4) is 0 Å². The number of nitro benzene ring substituents is 1. The zero-order valence-corrected chi connectivity index (χ0v) is 8.67. The maximum absolute atomic E-state index is 10.7. The summed E-state index contributed by atoms with van der Waals surface area (Å²) in [7, 11) is 0. The average Bonchev–Trinajstić information content (AvgIpc) is 2.70. The van der Waals surface area contributed by atoms with E-state index in [9.17, 15) is 10.1 Å². The van der Waals surface area contributed by atoms with Gasteiger partial charge in [0.25, 0.3) is 0 Å². The molecule has 1 aromatic carbocycles. The molecule has 0 unspecified atom stereocenters. The number of hydrogen-bond donors (Lipinski definition) is 0. The fourth-order valence-corrected chi connectivity index (χ4v) is 2.09. The van der Waals surface area contributed by atoms with Crippen molar-refractivity contribution in [3.05, 3.63) is 39.3 Å². The molecule has 0 saturated heterocycles. The third kappa shape index (κ3) is 1.57. The molecule has 0 aliphatic carbocycles. The molecular formula is C8H5N3O2Se.